The third-order valence-corrected chi connectivity index (χ3v) is 7.62. The van der Waals surface area contributed by atoms with E-state index in [2.05, 4.69) is 60.7 Å². The Morgan fingerprint density at radius 3 is 2.00 bits per heavy atom. The number of hydrogen-bond acceptors (Lipinski definition) is 1. The average Bonchev–Trinajstić information content (AvgIpc) is 3.07. The maximum atomic E-state index is 11.0. The minimum atomic E-state index is 0.0351. The highest BCUT2D eigenvalue weighted by atomic mass is 16.3. The van der Waals surface area contributed by atoms with Gasteiger partial charge in [0.1, 0.15) is 5.75 Å². The first-order valence-corrected chi connectivity index (χ1v) is 12.3. The van der Waals surface area contributed by atoms with E-state index in [1.165, 1.54) is 98.3 Å². The van der Waals surface area contributed by atoms with E-state index in [1.54, 1.807) is 0 Å². The van der Waals surface area contributed by atoms with Crippen molar-refractivity contribution in [3.05, 3.63) is 77.9 Å². The van der Waals surface area contributed by atoms with E-state index in [-0.39, 0.29) is 5.41 Å². The first-order valence-electron chi connectivity index (χ1n) is 12.3. The predicted octanol–water partition coefficient (Wildman–Crippen LogP) is 8.67. The molecular formula is C30H34O. The zero-order valence-corrected chi connectivity index (χ0v) is 18.6. The number of fused-ring (bicyclic) bond motifs is 7. The fourth-order valence-corrected chi connectivity index (χ4v) is 6.09. The molecule has 160 valence electrons. The van der Waals surface area contributed by atoms with Gasteiger partial charge in [0.2, 0.25) is 0 Å². The van der Waals surface area contributed by atoms with Crippen molar-refractivity contribution in [2.24, 2.45) is 0 Å². The molecule has 0 radical (unpaired) electrons. The molecule has 0 saturated heterocycles. The van der Waals surface area contributed by atoms with Gasteiger partial charge in [-0.05, 0) is 72.2 Å². The van der Waals surface area contributed by atoms with Gasteiger partial charge in [0.25, 0.3) is 0 Å². The van der Waals surface area contributed by atoms with Crippen molar-refractivity contribution in [1.29, 1.82) is 0 Å². The standard InChI is InChI=1S/C30H34O/c31-28-22-27-29(24-17-11-10-16-23(24)28)25-18-12-13-19-26(25)30(27)20-14-8-6-4-2-1-3-5-7-9-15-21-30/h1-2,10-13,16-19,22,31H,3-9,14-15,20-21H2/b2-1-. The number of phenolic OH excluding ortho intramolecular Hbond substituents is 1. The van der Waals surface area contributed by atoms with Gasteiger partial charge >= 0.3 is 0 Å². The minimum absolute atomic E-state index is 0.0351. The zero-order chi connectivity index (χ0) is 21.1. The summed E-state index contributed by atoms with van der Waals surface area (Å²) < 4.78 is 0. The highest BCUT2D eigenvalue weighted by Gasteiger charge is 2.43. The van der Waals surface area contributed by atoms with Crippen molar-refractivity contribution in [1.82, 2.24) is 0 Å². The molecule has 0 amide bonds. The monoisotopic (exact) mass is 410 g/mol. The summed E-state index contributed by atoms with van der Waals surface area (Å²) in [5.74, 6) is 0.436. The Labute approximate surface area is 186 Å². The molecule has 0 aromatic heterocycles. The summed E-state index contributed by atoms with van der Waals surface area (Å²) in [5, 5.41) is 13.2. The minimum Gasteiger partial charge on any atom is -0.507 e. The molecule has 0 fully saturated rings. The molecule has 0 heterocycles. The van der Waals surface area contributed by atoms with Crippen molar-refractivity contribution in [3.8, 4) is 16.9 Å². The van der Waals surface area contributed by atoms with Gasteiger partial charge < -0.3 is 5.11 Å². The van der Waals surface area contributed by atoms with Crippen molar-refractivity contribution in [2.75, 3.05) is 0 Å². The number of allylic oxidation sites excluding steroid dienone is 2. The van der Waals surface area contributed by atoms with Crippen molar-refractivity contribution < 1.29 is 5.11 Å². The summed E-state index contributed by atoms with van der Waals surface area (Å²) in [6.45, 7) is 0. The number of benzene rings is 3. The van der Waals surface area contributed by atoms with Crippen LogP contribution in [0.4, 0.5) is 0 Å². The highest BCUT2D eigenvalue weighted by Crippen LogP contribution is 2.57. The molecule has 1 spiro atoms. The highest BCUT2D eigenvalue weighted by molar-refractivity contribution is 6.05. The van der Waals surface area contributed by atoms with Crippen LogP contribution in [0.2, 0.25) is 0 Å². The molecule has 0 aliphatic heterocycles. The summed E-state index contributed by atoms with van der Waals surface area (Å²) in [6.07, 6.45) is 18.6. The summed E-state index contributed by atoms with van der Waals surface area (Å²) in [5.41, 5.74) is 5.66. The van der Waals surface area contributed by atoms with E-state index in [0.29, 0.717) is 5.75 Å². The third-order valence-electron chi connectivity index (χ3n) is 7.62. The van der Waals surface area contributed by atoms with Gasteiger partial charge in [0, 0.05) is 10.8 Å². The van der Waals surface area contributed by atoms with Gasteiger partial charge in [0.05, 0.1) is 0 Å². The summed E-state index contributed by atoms with van der Waals surface area (Å²) in [4.78, 5) is 0. The molecule has 2 aliphatic carbocycles. The second-order valence-electron chi connectivity index (χ2n) is 9.52. The molecule has 1 nitrogen and oxygen atoms in total. The number of rotatable bonds is 0. The average molecular weight is 411 g/mol. The Morgan fingerprint density at radius 2 is 1.23 bits per heavy atom. The molecular weight excluding hydrogens is 376 g/mol. The topological polar surface area (TPSA) is 20.2 Å². The molecule has 1 heteroatoms. The quantitative estimate of drug-likeness (QED) is 0.368. The van der Waals surface area contributed by atoms with Gasteiger partial charge in [-0.1, -0.05) is 92.8 Å². The van der Waals surface area contributed by atoms with Crippen LogP contribution in [-0.4, -0.2) is 5.11 Å². The number of aromatic hydroxyl groups is 1. The number of phenols is 1. The van der Waals surface area contributed by atoms with Crippen LogP contribution in [0.25, 0.3) is 21.9 Å². The van der Waals surface area contributed by atoms with Gasteiger partial charge in [-0.15, -0.1) is 0 Å². The van der Waals surface area contributed by atoms with Crippen molar-refractivity contribution >= 4 is 10.8 Å². The SMILES string of the molecule is Oc1cc2c(c3ccccc13)-c1ccccc1C21CCCCC/C=C\CCCCCC1. The molecule has 1 N–H and O–H groups in total. The van der Waals surface area contributed by atoms with Gasteiger partial charge in [-0.25, -0.2) is 0 Å². The van der Waals surface area contributed by atoms with E-state index in [4.69, 9.17) is 0 Å². The Balaban J connectivity index is 1.63. The fraction of sp³-hybridized carbons (Fsp3) is 0.400. The van der Waals surface area contributed by atoms with Crippen LogP contribution < -0.4 is 0 Å². The first-order chi connectivity index (χ1) is 15.3. The molecule has 5 rings (SSSR count). The van der Waals surface area contributed by atoms with Gasteiger partial charge in [-0.2, -0.15) is 0 Å². The van der Waals surface area contributed by atoms with E-state index < -0.39 is 0 Å². The zero-order valence-electron chi connectivity index (χ0n) is 18.6. The second-order valence-corrected chi connectivity index (χ2v) is 9.52. The van der Waals surface area contributed by atoms with E-state index in [9.17, 15) is 5.11 Å². The van der Waals surface area contributed by atoms with Crippen LogP contribution in [0.15, 0.2) is 66.7 Å². The van der Waals surface area contributed by atoms with E-state index in [0.717, 1.165) is 5.39 Å². The first kappa shape index (κ1) is 20.4. The van der Waals surface area contributed by atoms with Gasteiger partial charge in [-0.3, -0.25) is 0 Å². The largest absolute Gasteiger partial charge is 0.507 e. The smallest absolute Gasteiger partial charge is 0.123 e. The third kappa shape index (κ3) is 3.69. The van der Waals surface area contributed by atoms with Crippen LogP contribution >= 0.6 is 0 Å². The second kappa shape index (κ2) is 8.91. The maximum absolute atomic E-state index is 11.0. The maximum Gasteiger partial charge on any atom is 0.123 e. The lowest BCUT2D eigenvalue weighted by Gasteiger charge is -2.33. The van der Waals surface area contributed by atoms with Crippen LogP contribution in [0.3, 0.4) is 0 Å². The Kier molecular flexibility index (Phi) is 5.85. The molecule has 1 unspecified atom stereocenters. The Hall–Kier alpha value is -2.54. The van der Waals surface area contributed by atoms with Gasteiger partial charge in [0.15, 0.2) is 0 Å². The van der Waals surface area contributed by atoms with Crippen molar-refractivity contribution in [2.45, 2.75) is 76.0 Å². The lowest BCUT2D eigenvalue weighted by Crippen LogP contribution is -2.25. The molecule has 2 aliphatic rings. The van der Waals surface area contributed by atoms with Crippen molar-refractivity contribution in [3.63, 3.8) is 0 Å². The lowest BCUT2D eigenvalue weighted by molar-refractivity contribution is 0.398. The molecule has 0 saturated carbocycles. The lowest BCUT2D eigenvalue weighted by atomic mass is 9.70. The van der Waals surface area contributed by atoms with E-state index >= 15 is 0 Å². The van der Waals surface area contributed by atoms with Crippen LogP contribution in [0.5, 0.6) is 5.75 Å². The van der Waals surface area contributed by atoms with Crippen LogP contribution in [-0.2, 0) is 5.41 Å². The summed E-state index contributed by atoms with van der Waals surface area (Å²) in [7, 11) is 0. The number of hydrogen-bond donors (Lipinski definition) is 1. The molecule has 1 atom stereocenters. The van der Waals surface area contributed by atoms with Crippen LogP contribution in [0, 0.1) is 0 Å². The Morgan fingerprint density at radius 1 is 0.613 bits per heavy atom. The normalized spacial score (nSPS) is 23.2. The van der Waals surface area contributed by atoms with Crippen LogP contribution in [0.1, 0.15) is 81.8 Å². The predicted molar refractivity (Wildman–Crippen MR) is 132 cm³/mol. The molecule has 0 bridgehead atoms. The molecule has 3 aromatic carbocycles. The summed E-state index contributed by atoms with van der Waals surface area (Å²) >= 11 is 0. The fourth-order valence-electron chi connectivity index (χ4n) is 6.09. The molecule has 3 aromatic rings. The summed E-state index contributed by atoms with van der Waals surface area (Å²) in [6, 6.07) is 19.6. The Bertz CT molecular complexity index is 1090. The van der Waals surface area contributed by atoms with E-state index in [1.807, 2.05) is 6.07 Å². The molecule has 31 heavy (non-hydrogen) atoms.